The summed E-state index contributed by atoms with van der Waals surface area (Å²) in [5, 5.41) is 8.91. The van der Waals surface area contributed by atoms with E-state index in [1.807, 2.05) is 24.3 Å². The minimum atomic E-state index is 0.563. The van der Waals surface area contributed by atoms with Gasteiger partial charge >= 0.3 is 0 Å². The number of fused-ring (bicyclic) bond motifs is 10. The Labute approximate surface area is 419 Å². The fourth-order valence-electron chi connectivity index (χ4n) is 11.2. The Morgan fingerprint density at radius 2 is 0.836 bits per heavy atom. The fourth-order valence-corrected chi connectivity index (χ4v) is 11.2. The van der Waals surface area contributed by atoms with Gasteiger partial charge in [0.1, 0.15) is 11.2 Å². The second kappa shape index (κ2) is 16.3. The third-order valence-electron chi connectivity index (χ3n) is 14.6. The molecule has 15 rings (SSSR count). The molecule has 0 aliphatic rings. The third-order valence-corrected chi connectivity index (χ3v) is 14.6. The van der Waals surface area contributed by atoms with Crippen molar-refractivity contribution in [2.45, 2.75) is 0 Å². The molecular formula is C67H41N5O. The van der Waals surface area contributed by atoms with Crippen molar-refractivity contribution in [1.82, 2.24) is 24.1 Å². The molecule has 0 saturated heterocycles. The lowest BCUT2D eigenvalue weighted by atomic mass is 9.96. The molecule has 0 aliphatic heterocycles. The van der Waals surface area contributed by atoms with Crippen molar-refractivity contribution in [3.8, 4) is 67.8 Å². The first-order valence-corrected chi connectivity index (χ1v) is 24.7. The van der Waals surface area contributed by atoms with Gasteiger partial charge in [0.15, 0.2) is 17.5 Å². The van der Waals surface area contributed by atoms with Crippen molar-refractivity contribution in [3.63, 3.8) is 0 Å². The first-order valence-electron chi connectivity index (χ1n) is 24.7. The Kier molecular flexibility index (Phi) is 9.16. The molecule has 0 aliphatic carbocycles. The van der Waals surface area contributed by atoms with Gasteiger partial charge in [0.2, 0.25) is 0 Å². The Hall–Kier alpha value is -9.91. The lowest BCUT2D eigenvalue weighted by molar-refractivity contribution is 0.668. The van der Waals surface area contributed by atoms with E-state index >= 15 is 0 Å². The van der Waals surface area contributed by atoms with Gasteiger partial charge in [-0.3, -0.25) is 0 Å². The average molecular weight is 932 g/mol. The zero-order chi connectivity index (χ0) is 48.0. The minimum Gasteiger partial charge on any atom is -0.456 e. The molecule has 6 heteroatoms. The van der Waals surface area contributed by atoms with E-state index in [0.29, 0.717) is 17.5 Å². The number of furan rings is 1. The molecule has 0 spiro atoms. The molecule has 0 unspecified atom stereocenters. The van der Waals surface area contributed by atoms with Crippen molar-refractivity contribution >= 4 is 76.3 Å². The van der Waals surface area contributed by atoms with E-state index in [0.717, 1.165) is 99.5 Å². The van der Waals surface area contributed by atoms with Crippen molar-refractivity contribution in [2.24, 2.45) is 0 Å². The van der Waals surface area contributed by atoms with Gasteiger partial charge in [-0.15, -0.1) is 0 Å². The van der Waals surface area contributed by atoms with Crippen LogP contribution >= 0.6 is 0 Å². The largest absolute Gasteiger partial charge is 0.456 e. The van der Waals surface area contributed by atoms with Gasteiger partial charge in [-0.05, 0) is 82.1 Å². The first-order chi connectivity index (χ1) is 36.2. The molecule has 6 nitrogen and oxygen atoms in total. The summed E-state index contributed by atoms with van der Waals surface area (Å²) in [4.78, 5) is 16.1. The lowest BCUT2D eigenvalue weighted by Gasteiger charge is -2.15. The highest BCUT2D eigenvalue weighted by atomic mass is 16.3. The van der Waals surface area contributed by atoms with Crippen LogP contribution in [0.5, 0.6) is 0 Å². The van der Waals surface area contributed by atoms with E-state index in [2.05, 4.69) is 234 Å². The molecule has 73 heavy (non-hydrogen) atoms. The molecule has 0 amide bonds. The monoisotopic (exact) mass is 931 g/mol. The van der Waals surface area contributed by atoms with Crippen molar-refractivity contribution < 1.29 is 4.42 Å². The smallest absolute Gasteiger partial charge is 0.164 e. The summed E-state index contributed by atoms with van der Waals surface area (Å²) in [7, 11) is 0. The fraction of sp³-hybridized carbons (Fsp3) is 0. The van der Waals surface area contributed by atoms with E-state index in [4.69, 9.17) is 19.4 Å². The molecule has 4 heterocycles. The maximum atomic E-state index is 7.01. The van der Waals surface area contributed by atoms with Crippen LogP contribution in [0.25, 0.3) is 144 Å². The molecule has 0 radical (unpaired) electrons. The second-order valence-corrected chi connectivity index (χ2v) is 18.7. The van der Waals surface area contributed by atoms with E-state index in [1.165, 1.54) is 27.1 Å². The molecule has 0 bridgehead atoms. The van der Waals surface area contributed by atoms with Gasteiger partial charge in [-0.25, -0.2) is 15.0 Å². The van der Waals surface area contributed by atoms with Crippen molar-refractivity contribution in [3.05, 3.63) is 249 Å². The summed E-state index contributed by atoms with van der Waals surface area (Å²) in [6.07, 6.45) is 0. The van der Waals surface area contributed by atoms with Crippen LogP contribution in [0.3, 0.4) is 0 Å². The second-order valence-electron chi connectivity index (χ2n) is 18.7. The predicted octanol–water partition coefficient (Wildman–Crippen LogP) is 17.5. The Morgan fingerprint density at radius 3 is 1.58 bits per heavy atom. The highest BCUT2D eigenvalue weighted by molar-refractivity contribution is 6.18. The molecule has 0 saturated carbocycles. The van der Waals surface area contributed by atoms with Crippen LogP contribution in [-0.2, 0) is 0 Å². The van der Waals surface area contributed by atoms with Crippen LogP contribution in [0, 0.1) is 0 Å². The number of hydrogen-bond acceptors (Lipinski definition) is 4. The van der Waals surface area contributed by atoms with Crippen LogP contribution in [0.1, 0.15) is 0 Å². The normalized spacial score (nSPS) is 11.8. The molecular weight excluding hydrogens is 891 g/mol. The van der Waals surface area contributed by atoms with E-state index in [-0.39, 0.29) is 0 Å². The van der Waals surface area contributed by atoms with E-state index in [9.17, 15) is 0 Å². The molecule has 0 fully saturated rings. The third kappa shape index (κ3) is 6.54. The summed E-state index contributed by atoms with van der Waals surface area (Å²) in [6, 6.07) is 88.1. The number of aromatic nitrogens is 5. The number of nitrogens with zero attached hydrogens (tertiary/aromatic N) is 5. The highest BCUT2D eigenvalue weighted by Gasteiger charge is 2.24. The zero-order valence-electron chi connectivity index (χ0n) is 39.3. The standard InChI is InChI=1S/C67H41N5O/c1-4-18-42(19-5-1)43-34-36-44(37-35-43)53-40-55-62(41-60(53)72-56-30-14-12-26-49(56)54-38-46-22-10-11-23-47(46)39-59(54)72)73-61-33-17-29-52(64(55)61)67-69-65(45-20-6-2-7-21-45)68-66(70-67)51-28-16-32-58-63(51)50-27-13-15-31-57(50)71(58)48-24-8-3-9-25-48/h1-41H. The summed E-state index contributed by atoms with van der Waals surface area (Å²) in [5.41, 5.74) is 15.3. The lowest BCUT2D eigenvalue weighted by Crippen LogP contribution is -2.01. The van der Waals surface area contributed by atoms with Gasteiger partial charge < -0.3 is 13.6 Å². The van der Waals surface area contributed by atoms with Crippen LogP contribution in [0.2, 0.25) is 0 Å². The molecule has 340 valence electrons. The Bertz CT molecular complexity index is 4650. The number of rotatable bonds is 7. The first kappa shape index (κ1) is 40.9. The van der Waals surface area contributed by atoms with Gasteiger partial charge in [-0.1, -0.05) is 188 Å². The molecule has 4 aromatic heterocycles. The molecule has 0 atom stereocenters. The number of benzene rings is 11. The summed E-state index contributed by atoms with van der Waals surface area (Å²) >= 11 is 0. The maximum Gasteiger partial charge on any atom is 0.164 e. The predicted molar refractivity (Wildman–Crippen MR) is 300 cm³/mol. The van der Waals surface area contributed by atoms with Gasteiger partial charge in [0, 0.05) is 66.3 Å². The molecule has 15 aromatic rings. The maximum absolute atomic E-state index is 7.01. The number of para-hydroxylation sites is 3. The number of hydrogen-bond donors (Lipinski definition) is 0. The van der Waals surface area contributed by atoms with Crippen molar-refractivity contribution in [2.75, 3.05) is 0 Å². The quantitative estimate of drug-likeness (QED) is 0.160. The SMILES string of the molecule is c1ccc(-c2ccc(-c3cc4c(cc3-n3c5ccccc5c5cc6ccccc6cc53)oc3cccc(-c5nc(-c6ccccc6)nc(-c6cccc7c6c6ccccc6n7-c6ccccc6)n5)c34)cc2)cc1. The molecule has 11 aromatic carbocycles. The van der Waals surface area contributed by atoms with Crippen LogP contribution in [0.15, 0.2) is 253 Å². The summed E-state index contributed by atoms with van der Waals surface area (Å²) in [6.45, 7) is 0. The van der Waals surface area contributed by atoms with Crippen LogP contribution in [0.4, 0.5) is 0 Å². The van der Waals surface area contributed by atoms with Crippen LogP contribution < -0.4 is 0 Å². The summed E-state index contributed by atoms with van der Waals surface area (Å²) < 4.78 is 11.8. The van der Waals surface area contributed by atoms with E-state index < -0.39 is 0 Å². The van der Waals surface area contributed by atoms with Gasteiger partial charge in [0.05, 0.1) is 27.8 Å². The van der Waals surface area contributed by atoms with E-state index in [1.54, 1.807) is 0 Å². The Morgan fingerprint density at radius 1 is 0.288 bits per heavy atom. The van der Waals surface area contributed by atoms with Gasteiger partial charge in [0.25, 0.3) is 0 Å². The van der Waals surface area contributed by atoms with Crippen molar-refractivity contribution in [1.29, 1.82) is 0 Å². The molecule has 0 N–H and O–H groups in total. The highest BCUT2D eigenvalue weighted by Crippen LogP contribution is 2.45. The zero-order valence-corrected chi connectivity index (χ0v) is 39.3. The van der Waals surface area contributed by atoms with Gasteiger partial charge in [-0.2, -0.15) is 0 Å². The minimum absolute atomic E-state index is 0.563. The summed E-state index contributed by atoms with van der Waals surface area (Å²) in [5.74, 6) is 1.75. The van der Waals surface area contributed by atoms with Crippen LogP contribution in [-0.4, -0.2) is 24.1 Å². The average Bonchev–Trinajstić information content (AvgIpc) is 4.12. The Balaban J connectivity index is 0.993. The topological polar surface area (TPSA) is 61.7 Å².